The Morgan fingerprint density at radius 3 is 1.34 bits per heavy atom. The number of hydrogen-bond donors (Lipinski definition) is 0. The Kier molecular flexibility index (Phi) is 7.31. The highest BCUT2D eigenvalue weighted by Gasteiger charge is 2.20. The summed E-state index contributed by atoms with van der Waals surface area (Å²) in [5, 5.41) is 3.89. The van der Waals surface area contributed by atoms with Gasteiger partial charge in [0.25, 0.3) is 0 Å². The summed E-state index contributed by atoms with van der Waals surface area (Å²) in [4.78, 5) is 30.1. The Balaban J connectivity index is 1.09. The Bertz CT molecular complexity index is 3190. The van der Waals surface area contributed by atoms with Crippen molar-refractivity contribution in [1.29, 1.82) is 0 Å². The standard InChI is InChI=1S/C48H28N6O2/c1-4-13-29(14-5-1)43-50-46(52-47(51-43)33-23-25-35-34-19-10-11-21-38(34)56-41(35)28-33)32-24-26-39-37(27-32)42-36(20-12-22-40(42)55-39)48-53-44(30-15-6-2-7-16-30)49-45(54-48)31-17-8-3-9-18-31/h1-28H. The Morgan fingerprint density at radius 1 is 0.268 bits per heavy atom. The van der Waals surface area contributed by atoms with E-state index in [-0.39, 0.29) is 0 Å². The average molecular weight is 721 g/mol. The van der Waals surface area contributed by atoms with E-state index in [0.717, 1.165) is 77.3 Å². The number of aromatic nitrogens is 6. The first-order chi connectivity index (χ1) is 27.7. The number of para-hydroxylation sites is 1. The number of furan rings is 2. The molecule has 0 spiro atoms. The summed E-state index contributed by atoms with van der Waals surface area (Å²) in [6.07, 6.45) is 0. The molecule has 262 valence electrons. The molecule has 11 aromatic rings. The first-order valence-corrected chi connectivity index (χ1v) is 18.3. The molecule has 0 radical (unpaired) electrons. The van der Waals surface area contributed by atoms with Gasteiger partial charge in [-0.15, -0.1) is 0 Å². The van der Waals surface area contributed by atoms with Crippen LogP contribution in [0.25, 0.3) is 112 Å². The molecular formula is C48H28N6O2. The van der Waals surface area contributed by atoms with Gasteiger partial charge in [-0.25, -0.2) is 29.9 Å². The van der Waals surface area contributed by atoms with Gasteiger partial charge in [0, 0.05) is 54.9 Å². The molecule has 0 N–H and O–H groups in total. The Labute approximate surface area is 319 Å². The van der Waals surface area contributed by atoms with Crippen molar-refractivity contribution in [1.82, 2.24) is 29.9 Å². The number of nitrogens with zero attached hydrogens (tertiary/aromatic N) is 6. The quantitative estimate of drug-likeness (QED) is 0.167. The molecule has 8 nitrogen and oxygen atoms in total. The van der Waals surface area contributed by atoms with Gasteiger partial charge < -0.3 is 8.83 Å². The topological polar surface area (TPSA) is 104 Å². The third-order valence-corrected chi connectivity index (χ3v) is 10.00. The predicted molar refractivity (Wildman–Crippen MR) is 220 cm³/mol. The molecule has 0 aliphatic rings. The van der Waals surface area contributed by atoms with Crippen molar-refractivity contribution in [2.24, 2.45) is 0 Å². The van der Waals surface area contributed by atoms with Crippen LogP contribution in [-0.4, -0.2) is 29.9 Å². The Morgan fingerprint density at radius 2 is 0.714 bits per heavy atom. The Hall–Kier alpha value is -7.84. The monoisotopic (exact) mass is 720 g/mol. The fourth-order valence-electron chi connectivity index (χ4n) is 7.30. The van der Waals surface area contributed by atoms with E-state index in [1.165, 1.54) is 0 Å². The van der Waals surface area contributed by atoms with Crippen LogP contribution >= 0.6 is 0 Å². The van der Waals surface area contributed by atoms with E-state index in [4.69, 9.17) is 38.7 Å². The lowest BCUT2D eigenvalue weighted by Crippen LogP contribution is -2.00. The van der Waals surface area contributed by atoms with Crippen molar-refractivity contribution >= 4 is 43.9 Å². The van der Waals surface area contributed by atoms with Crippen LogP contribution in [-0.2, 0) is 0 Å². The third kappa shape index (κ3) is 5.47. The summed E-state index contributed by atoms with van der Waals surface area (Å²) in [6, 6.07) is 56.1. The molecule has 11 rings (SSSR count). The van der Waals surface area contributed by atoms with E-state index in [1.54, 1.807) is 0 Å². The highest BCUT2D eigenvalue weighted by atomic mass is 16.3. The van der Waals surface area contributed by atoms with Crippen LogP contribution in [0.1, 0.15) is 0 Å². The number of fused-ring (bicyclic) bond motifs is 6. The molecule has 4 aromatic heterocycles. The second kappa shape index (κ2) is 12.9. The van der Waals surface area contributed by atoms with E-state index in [9.17, 15) is 0 Å². The van der Waals surface area contributed by atoms with E-state index in [1.807, 2.05) is 152 Å². The van der Waals surface area contributed by atoms with Crippen LogP contribution in [0.5, 0.6) is 0 Å². The van der Waals surface area contributed by atoms with Crippen molar-refractivity contribution in [2.45, 2.75) is 0 Å². The maximum absolute atomic E-state index is 6.45. The molecule has 0 unspecified atom stereocenters. The van der Waals surface area contributed by atoms with E-state index in [0.29, 0.717) is 34.9 Å². The zero-order valence-corrected chi connectivity index (χ0v) is 29.7. The van der Waals surface area contributed by atoms with Crippen molar-refractivity contribution < 1.29 is 8.83 Å². The lowest BCUT2D eigenvalue weighted by Gasteiger charge is -2.10. The van der Waals surface area contributed by atoms with Gasteiger partial charge in [-0.3, -0.25) is 0 Å². The largest absolute Gasteiger partial charge is 0.456 e. The predicted octanol–water partition coefficient (Wildman–Crippen LogP) is 11.9. The first-order valence-electron chi connectivity index (χ1n) is 18.3. The zero-order chi connectivity index (χ0) is 37.0. The number of hydrogen-bond acceptors (Lipinski definition) is 8. The van der Waals surface area contributed by atoms with Gasteiger partial charge in [-0.05, 0) is 42.5 Å². The van der Waals surface area contributed by atoms with Crippen LogP contribution in [0, 0.1) is 0 Å². The van der Waals surface area contributed by atoms with Gasteiger partial charge in [-0.2, -0.15) is 0 Å². The van der Waals surface area contributed by atoms with Crippen LogP contribution in [0.4, 0.5) is 0 Å². The molecular weight excluding hydrogens is 693 g/mol. The molecule has 0 saturated heterocycles. The van der Waals surface area contributed by atoms with Crippen molar-refractivity contribution in [3.05, 3.63) is 170 Å². The van der Waals surface area contributed by atoms with Gasteiger partial charge in [-0.1, -0.05) is 127 Å². The molecule has 0 atom stereocenters. The maximum Gasteiger partial charge on any atom is 0.164 e. The third-order valence-electron chi connectivity index (χ3n) is 10.00. The molecule has 8 heteroatoms. The smallest absolute Gasteiger partial charge is 0.164 e. The fourth-order valence-corrected chi connectivity index (χ4v) is 7.30. The summed E-state index contributed by atoms with van der Waals surface area (Å²) < 4.78 is 12.7. The van der Waals surface area contributed by atoms with Gasteiger partial charge in [0.1, 0.15) is 22.3 Å². The number of rotatable bonds is 6. The summed E-state index contributed by atoms with van der Waals surface area (Å²) in [6.45, 7) is 0. The van der Waals surface area contributed by atoms with Crippen LogP contribution < -0.4 is 0 Å². The molecule has 0 aliphatic heterocycles. The van der Waals surface area contributed by atoms with Crippen molar-refractivity contribution in [3.8, 4) is 68.3 Å². The van der Waals surface area contributed by atoms with Gasteiger partial charge >= 0.3 is 0 Å². The summed E-state index contributed by atoms with van der Waals surface area (Å²) >= 11 is 0. The van der Waals surface area contributed by atoms with Crippen LogP contribution in [0.15, 0.2) is 179 Å². The van der Waals surface area contributed by atoms with E-state index < -0.39 is 0 Å². The maximum atomic E-state index is 6.45. The normalized spacial score (nSPS) is 11.6. The summed E-state index contributed by atoms with van der Waals surface area (Å²) in [5.74, 6) is 3.37. The van der Waals surface area contributed by atoms with Gasteiger partial charge in [0.2, 0.25) is 0 Å². The second-order valence-electron chi connectivity index (χ2n) is 13.5. The zero-order valence-electron chi connectivity index (χ0n) is 29.7. The highest BCUT2D eigenvalue weighted by Crippen LogP contribution is 2.39. The van der Waals surface area contributed by atoms with E-state index in [2.05, 4.69) is 18.2 Å². The molecule has 7 aromatic carbocycles. The summed E-state index contributed by atoms with van der Waals surface area (Å²) in [5.41, 5.74) is 8.22. The molecule has 0 fully saturated rings. The lowest BCUT2D eigenvalue weighted by molar-refractivity contribution is 0.668. The average Bonchev–Trinajstić information content (AvgIpc) is 3.85. The molecule has 0 amide bonds. The summed E-state index contributed by atoms with van der Waals surface area (Å²) in [7, 11) is 0. The minimum atomic E-state index is 0.533. The lowest BCUT2D eigenvalue weighted by atomic mass is 10.0. The second-order valence-corrected chi connectivity index (χ2v) is 13.5. The van der Waals surface area contributed by atoms with Crippen LogP contribution in [0.3, 0.4) is 0 Å². The molecule has 0 bridgehead atoms. The minimum Gasteiger partial charge on any atom is -0.456 e. The van der Waals surface area contributed by atoms with Crippen molar-refractivity contribution in [2.75, 3.05) is 0 Å². The highest BCUT2D eigenvalue weighted by molar-refractivity contribution is 6.12. The molecule has 56 heavy (non-hydrogen) atoms. The SMILES string of the molecule is c1ccc(-c2nc(-c3ccc4c(c3)oc3ccccc34)nc(-c3ccc4oc5cccc(-c6nc(-c7ccccc7)nc(-c7ccccc7)n6)c5c4c3)n2)cc1. The van der Waals surface area contributed by atoms with Gasteiger partial charge in [0.15, 0.2) is 34.9 Å². The van der Waals surface area contributed by atoms with E-state index >= 15 is 0 Å². The number of benzene rings is 7. The fraction of sp³-hybridized carbons (Fsp3) is 0. The molecule has 0 aliphatic carbocycles. The van der Waals surface area contributed by atoms with Crippen molar-refractivity contribution in [3.63, 3.8) is 0 Å². The molecule has 0 saturated carbocycles. The minimum absolute atomic E-state index is 0.533. The van der Waals surface area contributed by atoms with Crippen LogP contribution in [0.2, 0.25) is 0 Å². The van der Waals surface area contributed by atoms with Gasteiger partial charge in [0.05, 0.1) is 0 Å². The molecule has 4 heterocycles. The first kappa shape index (κ1) is 31.7.